The SMILES string of the molecule is Cc1cc(C#N)ccc1S(=O)(=O)Nc1ccc([N+](=O)[O-])c(I)c1. The first-order chi connectivity index (χ1) is 10.7. The maximum Gasteiger partial charge on any atom is 0.282 e. The van der Waals surface area contributed by atoms with Crippen LogP contribution in [0, 0.1) is 31.9 Å². The van der Waals surface area contributed by atoms with Gasteiger partial charge < -0.3 is 0 Å². The van der Waals surface area contributed by atoms with E-state index in [1.165, 1.54) is 36.4 Å². The molecule has 0 amide bonds. The fraction of sp³-hybridized carbons (Fsp3) is 0.0714. The summed E-state index contributed by atoms with van der Waals surface area (Å²) < 4.78 is 27.5. The van der Waals surface area contributed by atoms with E-state index in [-0.39, 0.29) is 16.3 Å². The number of hydrogen-bond acceptors (Lipinski definition) is 5. The summed E-state index contributed by atoms with van der Waals surface area (Å²) in [7, 11) is -3.85. The molecule has 0 aliphatic rings. The van der Waals surface area contributed by atoms with E-state index in [2.05, 4.69) is 4.72 Å². The summed E-state index contributed by atoms with van der Waals surface area (Å²) in [5.41, 5.74) is 0.936. The number of nitriles is 1. The van der Waals surface area contributed by atoms with Crippen molar-refractivity contribution < 1.29 is 13.3 Å². The minimum Gasteiger partial charge on any atom is -0.280 e. The van der Waals surface area contributed by atoms with Gasteiger partial charge in [-0.25, -0.2) is 8.42 Å². The van der Waals surface area contributed by atoms with Crippen molar-refractivity contribution in [3.63, 3.8) is 0 Å². The van der Waals surface area contributed by atoms with Gasteiger partial charge in [0.05, 0.1) is 30.7 Å². The fourth-order valence-electron chi connectivity index (χ4n) is 1.95. The van der Waals surface area contributed by atoms with Crippen LogP contribution in [0.2, 0.25) is 0 Å². The zero-order valence-corrected chi connectivity index (χ0v) is 14.8. The van der Waals surface area contributed by atoms with Gasteiger partial charge >= 0.3 is 0 Å². The fourth-order valence-corrected chi connectivity index (χ4v) is 3.94. The molecule has 0 spiro atoms. The molecule has 0 aliphatic carbocycles. The van der Waals surface area contributed by atoms with Crippen molar-refractivity contribution in [2.75, 3.05) is 4.72 Å². The Kier molecular flexibility index (Phi) is 4.86. The van der Waals surface area contributed by atoms with Crippen LogP contribution in [0.1, 0.15) is 11.1 Å². The van der Waals surface area contributed by atoms with Crippen LogP contribution in [-0.4, -0.2) is 13.3 Å². The molecule has 0 atom stereocenters. The smallest absolute Gasteiger partial charge is 0.280 e. The number of hydrogen-bond donors (Lipinski definition) is 1. The summed E-state index contributed by atoms with van der Waals surface area (Å²) in [6.45, 7) is 1.59. The van der Waals surface area contributed by atoms with E-state index >= 15 is 0 Å². The Morgan fingerprint density at radius 1 is 1.26 bits per heavy atom. The molecule has 1 N–H and O–H groups in total. The van der Waals surface area contributed by atoms with Gasteiger partial charge in [-0.15, -0.1) is 0 Å². The largest absolute Gasteiger partial charge is 0.282 e. The highest BCUT2D eigenvalue weighted by molar-refractivity contribution is 14.1. The molecule has 0 saturated heterocycles. The number of halogens is 1. The van der Waals surface area contributed by atoms with E-state index in [0.29, 0.717) is 14.7 Å². The van der Waals surface area contributed by atoms with E-state index in [0.717, 1.165) is 0 Å². The summed E-state index contributed by atoms with van der Waals surface area (Å²) in [4.78, 5) is 10.3. The molecular formula is C14H10IN3O4S. The van der Waals surface area contributed by atoms with Crippen LogP contribution in [0.15, 0.2) is 41.3 Å². The number of nitro benzene ring substituents is 1. The Balaban J connectivity index is 2.37. The molecular weight excluding hydrogens is 433 g/mol. The monoisotopic (exact) mass is 443 g/mol. The third kappa shape index (κ3) is 3.77. The lowest BCUT2D eigenvalue weighted by Gasteiger charge is -2.11. The number of nitro groups is 1. The minimum absolute atomic E-state index is 0.0462. The van der Waals surface area contributed by atoms with Crippen LogP contribution in [0.25, 0.3) is 0 Å². The Labute approximate surface area is 146 Å². The van der Waals surface area contributed by atoms with Crippen molar-refractivity contribution in [2.24, 2.45) is 0 Å². The topological polar surface area (TPSA) is 113 Å². The maximum atomic E-state index is 12.4. The molecule has 2 rings (SSSR count). The van der Waals surface area contributed by atoms with Gasteiger partial charge in [0.15, 0.2) is 0 Å². The average molecular weight is 443 g/mol. The van der Waals surface area contributed by atoms with Crippen LogP contribution in [0.5, 0.6) is 0 Å². The lowest BCUT2D eigenvalue weighted by Crippen LogP contribution is -2.14. The number of aryl methyl sites for hydroxylation is 1. The summed E-state index contributed by atoms with van der Waals surface area (Å²) in [6.07, 6.45) is 0. The molecule has 2 aromatic carbocycles. The molecule has 0 saturated carbocycles. The van der Waals surface area contributed by atoms with Crippen molar-refractivity contribution in [1.29, 1.82) is 5.26 Å². The highest BCUT2D eigenvalue weighted by Gasteiger charge is 2.19. The highest BCUT2D eigenvalue weighted by atomic mass is 127. The highest BCUT2D eigenvalue weighted by Crippen LogP contribution is 2.26. The van der Waals surface area contributed by atoms with Crippen molar-refractivity contribution >= 4 is 44.0 Å². The molecule has 23 heavy (non-hydrogen) atoms. The Bertz CT molecular complexity index is 936. The lowest BCUT2D eigenvalue weighted by molar-refractivity contribution is -0.385. The molecule has 0 aliphatic heterocycles. The van der Waals surface area contributed by atoms with Crippen LogP contribution in [0.4, 0.5) is 11.4 Å². The second-order valence-corrected chi connectivity index (χ2v) is 7.43. The van der Waals surface area contributed by atoms with E-state index in [1.807, 2.05) is 6.07 Å². The Morgan fingerprint density at radius 2 is 1.96 bits per heavy atom. The van der Waals surface area contributed by atoms with Crippen LogP contribution in [0.3, 0.4) is 0 Å². The van der Waals surface area contributed by atoms with Gasteiger partial charge in [0.25, 0.3) is 15.7 Å². The molecule has 2 aromatic rings. The second-order valence-electron chi connectivity index (χ2n) is 4.62. The van der Waals surface area contributed by atoms with E-state index < -0.39 is 14.9 Å². The molecule has 0 unspecified atom stereocenters. The van der Waals surface area contributed by atoms with Crippen LogP contribution < -0.4 is 4.72 Å². The number of rotatable bonds is 4. The normalized spacial score (nSPS) is 10.8. The predicted octanol–water partition coefficient (Wildman–Crippen LogP) is 3.18. The minimum atomic E-state index is -3.85. The van der Waals surface area contributed by atoms with E-state index in [9.17, 15) is 18.5 Å². The third-order valence-corrected chi connectivity index (χ3v) is 5.40. The Hall–Kier alpha value is -2.19. The van der Waals surface area contributed by atoms with Crippen LogP contribution in [-0.2, 0) is 10.0 Å². The van der Waals surface area contributed by atoms with E-state index in [1.54, 1.807) is 29.5 Å². The molecule has 7 nitrogen and oxygen atoms in total. The third-order valence-electron chi connectivity index (χ3n) is 2.99. The lowest BCUT2D eigenvalue weighted by atomic mass is 10.2. The first-order valence-corrected chi connectivity index (χ1v) is 8.78. The molecule has 118 valence electrons. The summed E-state index contributed by atoms with van der Waals surface area (Å²) in [5, 5.41) is 19.6. The van der Waals surface area contributed by atoms with Gasteiger partial charge in [-0.1, -0.05) is 0 Å². The predicted molar refractivity (Wildman–Crippen MR) is 92.5 cm³/mol. The number of anilines is 1. The summed E-state index contributed by atoms with van der Waals surface area (Å²) in [5.74, 6) is 0. The maximum absolute atomic E-state index is 12.4. The molecule has 0 radical (unpaired) electrons. The first kappa shape index (κ1) is 17.2. The van der Waals surface area contributed by atoms with Crippen molar-refractivity contribution in [1.82, 2.24) is 0 Å². The van der Waals surface area contributed by atoms with Crippen LogP contribution >= 0.6 is 22.6 Å². The number of benzene rings is 2. The molecule has 0 heterocycles. The Morgan fingerprint density at radius 3 is 2.48 bits per heavy atom. The van der Waals surface area contributed by atoms with Crippen molar-refractivity contribution in [3.05, 3.63) is 61.2 Å². The number of sulfonamides is 1. The quantitative estimate of drug-likeness (QED) is 0.443. The molecule has 0 bridgehead atoms. The number of nitrogens with zero attached hydrogens (tertiary/aromatic N) is 2. The van der Waals surface area contributed by atoms with Crippen molar-refractivity contribution in [3.8, 4) is 6.07 Å². The zero-order chi connectivity index (χ0) is 17.2. The van der Waals surface area contributed by atoms with Crippen molar-refractivity contribution in [2.45, 2.75) is 11.8 Å². The van der Waals surface area contributed by atoms with Gasteiger partial charge in [0.1, 0.15) is 0 Å². The summed E-state index contributed by atoms with van der Waals surface area (Å²) in [6, 6.07) is 10.1. The second kappa shape index (κ2) is 6.51. The molecule has 0 aromatic heterocycles. The van der Waals surface area contributed by atoms with Gasteiger partial charge in [-0.3, -0.25) is 14.8 Å². The standard InChI is InChI=1S/C14H10IN3O4S/c1-9-6-10(8-16)2-5-14(9)23(21,22)17-11-3-4-13(18(19)20)12(15)7-11/h2-7,17H,1H3. The van der Waals surface area contributed by atoms with Gasteiger partial charge in [-0.2, -0.15) is 5.26 Å². The number of nitrogens with one attached hydrogen (secondary N) is 1. The molecule has 0 fully saturated rings. The molecule has 9 heteroatoms. The average Bonchev–Trinajstić information content (AvgIpc) is 2.45. The van der Waals surface area contributed by atoms with Gasteiger partial charge in [0, 0.05) is 6.07 Å². The van der Waals surface area contributed by atoms with Gasteiger partial charge in [0.2, 0.25) is 0 Å². The first-order valence-electron chi connectivity index (χ1n) is 6.22. The summed E-state index contributed by atoms with van der Waals surface area (Å²) >= 11 is 1.77. The zero-order valence-electron chi connectivity index (χ0n) is 11.8. The van der Waals surface area contributed by atoms with Gasteiger partial charge in [-0.05, 0) is 65.4 Å². The van der Waals surface area contributed by atoms with E-state index in [4.69, 9.17) is 5.26 Å².